The van der Waals surface area contributed by atoms with Crippen LogP contribution >= 0.6 is 0 Å². The van der Waals surface area contributed by atoms with Crippen LogP contribution in [0.25, 0.3) is 0 Å². The Morgan fingerprint density at radius 2 is 2.25 bits per heavy atom. The molecule has 0 spiro atoms. The highest BCUT2D eigenvalue weighted by Crippen LogP contribution is 2.26. The molecule has 0 aliphatic carbocycles. The average Bonchev–Trinajstić information content (AvgIpc) is 2.33. The minimum Gasteiger partial charge on any atom is -0.370 e. The van der Waals surface area contributed by atoms with Gasteiger partial charge in [-0.25, -0.2) is 0 Å². The lowest BCUT2D eigenvalue weighted by atomic mass is 10.1. The Morgan fingerprint density at radius 1 is 1.50 bits per heavy atom. The van der Waals surface area contributed by atoms with E-state index in [1.54, 1.807) is 0 Å². The average molecular weight is 279 g/mol. The lowest BCUT2D eigenvalue weighted by Crippen LogP contribution is -2.52. The van der Waals surface area contributed by atoms with Gasteiger partial charge in [-0.2, -0.15) is 9.97 Å². The van der Waals surface area contributed by atoms with Crippen molar-refractivity contribution in [1.29, 1.82) is 0 Å². The molecule has 0 bridgehead atoms. The van der Waals surface area contributed by atoms with Crippen molar-refractivity contribution in [2.24, 2.45) is 0 Å². The molecule has 0 aromatic carbocycles. The molecule has 1 atom stereocenters. The first-order chi connectivity index (χ1) is 9.39. The van der Waals surface area contributed by atoms with Crippen LogP contribution in [0, 0.1) is 0 Å². The molecule has 6 heteroatoms. The quantitative estimate of drug-likeness (QED) is 0.876. The zero-order valence-corrected chi connectivity index (χ0v) is 12.8. The SMILES string of the molecule is CCCNc1cc(N2CC(C)OC(C)(C)C2)nc(N)n1. The minimum atomic E-state index is -0.186. The number of anilines is 3. The van der Waals surface area contributed by atoms with Crippen molar-refractivity contribution < 1.29 is 4.74 Å². The van der Waals surface area contributed by atoms with Gasteiger partial charge < -0.3 is 20.7 Å². The summed E-state index contributed by atoms with van der Waals surface area (Å²) < 4.78 is 5.92. The van der Waals surface area contributed by atoms with Crippen LogP contribution in [0.3, 0.4) is 0 Å². The van der Waals surface area contributed by atoms with E-state index >= 15 is 0 Å². The fourth-order valence-corrected chi connectivity index (χ4v) is 2.59. The van der Waals surface area contributed by atoms with Crippen molar-refractivity contribution in [3.63, 3.8) is 0 Å². The molecular formula is C14H25N5O. The van der Waals surface area contributed by atoms with Gasteiger partial charge in [-0.15, -0.1) is 0 Å². The van der Waals surface area contributed by atoms with Crippen LogP contribution in [0.5, 0.6) is 0 Å². The maximum Gasteiger partial charge on any atom is 0.223 e. The molecule has 1 aliphatic rings. The normalized spacial score (nSPS) is 21.8. The summed E-state index contributed by atoms with van der Waals surface area (Å²) in [4.78, 5) is 10.8. The van der Waals surface area contributed by atoms with Gasteiger partial charge in [0.15, 0.2) is 0 Å². The smallest absolute Gasteiger partial charge is 0.223 e. The first kappa shape index (κ1) is 14.8. The molecule has 1 unspecified atom stereocenters. The van der Waals surface area contributed by atoms with E-state index in [4.69, 9.17) is 10.5 Å². The van der Waals surface area contributed by atoms with E-state index in [0.29, 0.717) is 5.95 Å². The van der Waals surface area contributed by atoms with Gasteiger partial charge in [0.2, 0.25) is 5.95 Å². The lowest BCUT2D eigenvalue weighted by Gasteiger charge is -2.42. The third-order valence-electron chi connectivity index (χ3n) is 3.18. The Hall–Kier alpha value is -1.56. The summed E-state index contributed by atoms with van der Waals surface area (Å²) in [6, 6.07) is 1.96. The predicted octanol–water partition coefficient (Wildman–Crippen LogP) is 1.88. The highest BCUT2D eigenvalue weighted by atomic mass is 16.5. The van der Waals surface area contributed by atoms with Crippen LogP contribution in [0.4, 0.5) is 17.6 Å². The molecule has 0 amide bonds. The van der Waals surface area contributed by atoms with Crippen LogP contribution in [0.15, 0.2) is 6.07 Å². The second kappa shape index (κ2) is 5.83. The van der Waals surface area contributed by atoms with Crippen molar-refractivity contribution in [3.05, 3.63) is 6.07 Å². The Balaban J connectivity index is 2.20. The summed E-state index contributed by atoms with van der Waals surface area (Å²) in [6.45, 7) is 10.9. The molecule has 0 radical (unpaired) electrons. The topological polar surface area (TPSA) is 76.3 Å². The second-order valence-corrected chi connectivity index (χ2v) is 5.97. The molecule has 1 aliphatic heterocycles. The number of rotatable bonds is 4. The van der Waals surface area contributed by atoms with Crippen LogP contribution in [0.1, 0.15) is 34.1 Å². The van der Waals surface area contributed by atoms with Crippen molar-refractivity contribution in [2.45, 2.75) is 45.8 Å². The number of hydrogen-bond donors (Lipinski definition) is 2. The van der Waals surface area contributed by atoms with E-state index in [1.807, 2.05) is 6.07 Å². The fourth-order valence-electron chi connectivity index (χ4n) is 2.59. The van der Waals surface area contributed by atoms with E-state index in [2.05, 4.69) is 47.9 Å². The fraction of sp³-hybridized carbons (Fsp3) is 0.714. The Bertz CT molecular complexity index is 463. The molecule has 2 rings (SSSR count). The monoisotopic (exact) mass is 279 g/mol. The molecule has 0 saturated carbocycles. The summed E-state index contributed by atoms with van der Waals surface area (Å²) in [7, 11) is 0. The van der Waals surface area contributed by atoms with Crippen LogP contribution < -0.4 is 16.0 Å². The van der Waals surface area contributed by atoms with Gasteiger partial charge in [0.05, 0.1) is 11.7 Å². The van der Waals surface area contributed by atoms with Gasteiger partial charge in [0.25, 0.3) is 0 Å². The molecule has 20 heavy (non-hydrogen) atoms. The maximum atomic E-state index is 5.92. The third kappa shape index (κ3) is 3.72. The first-order valence-electron chi connectivity index (χ1n) is 7.21. The standard InChI is InChI=1S/C14H25N5O/c1-5-6-16-11-7-12(18-13(15)17-11)19-8-10(2)20-14(3,4)9-19/h7,10H,5-6,8-9H2,1-4H3,(H3,15,16,17,18). The molecule has 1 aromatic rings. The van der Waals surface area contributed by atoms with Crippen molar-refractivity contribution >= 4 is 17.6 Å². The van der Waals surface area contributed by atoms with Crippen LogP contribution in [-0.2, 0) is 4.74 Å². The molecule has 1 saturated heterocycles. The molecule has 2 heterocycles. The predicted molar refractivity (Wildman–Crippen MR) is 82.1 cm³/mol. The third-order valence-corrected chi connectivity index (χ3v) is 3.18. The zero-order chi connectivity index (χ0) is 14.8. The highest BCUT2D eigenvalue weighted by Gasteiger charge is 2.32. The molecule has 112 valence electrons. The second-order valence-electron chi connectivity index (χ2n) is 5.97. The minimum absolute atomic E-state index is 0.169. The summed E-state index contributed by atoms with van der Waals surface area (Å²) in [5.74, 6) is 1.95. The van der Waals surface area contributed by atoms with Gasteiger partial charge in [0.1, 0.15) is 11.6 Å². The molecule has 6 nitrogen and oxygen atoms in total. The number of hydrogen-bond acceptors (Lipinski definition) is 6. The summed E-state index contributed by atoms with van der Waals surface area (Å²) in [5.41, 5.74) is 5.63. The van der Waals surface area contributed by atoms with E-state index < -0.39 is 0 Å². The van der Waals surface area contributed by atoms with Gasteiger partial charge in [-0.1, -0.05) is 6.92 Å². The summed E-state index contributed by atoms with van der Waals surface area (Å²) in [6.07, 6.45) is 1.21. The van der Waals surface area contributed by atoms with E-state index in [9.17, 15) is 0 Å². The van der Waals surface area contributed by atoms with E-state index in [1.165, 1.54) is 0 Å². The number of nitrogens with two attached hydrogens (primary N) is 1. The molecule has 1 aromatic heterocycles. The van der Waals surface area contributed by atoms with Crippen LogP contribution in [0.2, 0.25) is 0 Å². The summed E-state index contributed by atoms with van der Waals surface area (Å²) in [5, 5.41) is 3.26. The highest BCUT2D eigenvalue weighted by molar-refractivity contribution is 5.53. The van der Waals surface area contributed by atoms with Gasteiger partial charge in [-0.05, 0) is 27.2 Å². The van der Waals surface area contributed by atoms with Crippen molar-refractivity contribution in [2.75, 3.05) is 35.6 Å². The Morgan fingerprint density at radius 3 is 2.90 bits per heavy atom. The first-order valence-corrected chi connectivity index (χ1v) is 7.21. The van der Waals surface area contributed by atoms with Gasteiger partial charge in [-0.3, -0.25) is 0 Å². The zero-order valence-electron chi connectivity index (χ0n) is 12.8. The number of ether oxygens (including phenoxy) is 1. The van der Waals surface area contributed by atoms with Crippen molar-refractivity contribution in [1.82, 2.24) is 9.97 Å². The van der Waals surface area contributed by atoms with Crippen LogP contribution in [-0.4, -0.2) is 41.3 Å². The maximum absolute atomic E-state index is 5.92. The van der Waals surface area contributed by atoms with Gasteiger partial charge in [0, 0.05) is 25.7 Å². The number of morpholine rings is 1. The van der Waals surface area contributed by atoms with E-state index in [-0.39, 0.29) is 11.7 Å². The molecule has 3 N–H and O–H groups in total. The Labute approximate surface area is 120 Å². The molecular weight excluding hydrogens is 254 g/mol. The molecule has 1 fully saturated rings. The van der Waals surface area contributed by atoms with E-state index in [0.717, 1.165) is 37.7 Å². The number of aromatic nitrogens is 2. The largest absolute Gasteiger partial charge is 0.370 e. The van der Waals surface area contributed by atoms with Crippen molar-refractivity contribution in [3.8, 4) is 0 Å². The lowest BCUT2D eigenvalue weighted by molar-refractivity contribution is -0.0751. The number of nitrogens with one attached hydrogen (secondary N) is 1. The number of nitrogens with zero attached hydrogens (tertiary/aromatic N) is 3. The number of nitrogen functional groups attached to an aromatic ring is 1. The van der Waals surface area contributed by atoms with Gasteiger partial charge >= 0.3 is 0 Å². The summed E-state index contributed by atoms with van der Waals surface area (Å²) >= 11 is 0. The Kier molecular flexibility index (Phi) is 4.32.